The fourth-order valence-corrected chi connectivity index (χ4v) is 0.890. The van der Waals surface area contributed by atoms with Gasteiger partial charge in [0, 0.05) is 14.0 Å². The largest absolute Gasteiger partial charge is 0.488 e. The molecule has 0 spiro atoms. The van der Waals surface area contributed by atoms with E-state index in [1.165, 1.54) is 0 Å². The quantitative estimate of drug-likeness (QED) is 0.418. The molecular weight excluding hydrogens is 111 g/mol. The van der Waals surface area contributed by atoms with Gasteiger partial charge in [-0.05, 0) is 0 Å². The minimum Gasteiger partial charge on any atom is -0.352 e. The predicted octanol–water partition coefficient (Wildman–Crippen LogP) is 0.279. The highest BCUT2D eigenvalue weighted by Gasteiger charge is 2.28. The van der Waals surface area contributed by atoms with Gasteiger partial charge in [0.05, 0.1) is 19.4 Å². The van der Waals surface area contributed by atoms with Crippen LogP contribution in [0.5, 0.6) is 0 Å². The smallest absolute Gasteiger partial charge is 0.352 e. The lowest BCUT2D eigenvalue weighted by Gasteiger charge is -2.30. The highest BCUT2D eigenvalue weighted by Crippen LogP contribution is 2.16. The van der Waals surface area contributed by atoms with Crippen molar-refractivity contribution in [2.45, 2.75) is 13.1 Å². The van der Waals surface area contributed by atoms with Crippen molar-refractivity contribution in [2.75, 3.05) is 14.1 Å². The Labute approximate surface area is 57.8 Å². The van der Waals surface area contributed by atoms with E-state index in [2.05, 4.69) is 11.8 Å². The van der Waals surface area contributed by atoms with Crippen LogP contribution in [0.15, 0.2) is 12.4 Å². The molecular formula is C6H12BN2+. The summed E-state index contributed by atoms with van der Waals surface area (Å²) < 4.78 is 0.469. The minimum absolute atomic E-state index is 0.366. The number of quaternary nitrogens is 1. The lowest BCUT2D eigenvalue weighted by Crippen LogP contribution is -2.45. The number of hydrogen-bond donors (Lipinski definition) is 0. The van der Waals surface area contributed by atoms with Gasteiger partial charge in [0.15, 0.2) is 0 Å². The first kappa shape index (κ1) is 6.68. The fraction of sp³-hybridized carbons (Fsp3) is 0.667. The first-order valence-electron chi connectivity index (χ1n) is 3.10. The van der Waals surface area contributed by atoms with Gasteiger partial charge in [0.2, 0.25) is 0 Å². The van der Waals surface area contributed by atoms with Crippen LogP contribution in [0.1, 0.15) is 6.92 Å². The van der Waals surface area contributed by atoms with Crippen molar-refractivity contribution < 1.29 is 4.39 Å². The summed E-state index contributed by atoms with van der Waals surface area (Å²) in [6.45, 7) is 2.10. The van der Waals surface area contributed by atoms with Crippen molar-refractivity contribution in [2.24, 2.45) is 0 Å². The third-order valence-corrected chi connectivity index (χ3v) is 2.02. The molecule has 0 aromatic carbocycles. The first-order valence-corrected chi connectivity index (χ1v) is 3.10. The lowest BCUT2D eigenvalue weighted by molar-refractivity contribution is -0.771. The zero-order valence-electron chi connectivity index (χ0n) is 6.20. The van der Waals surface area contributed by atoms with Gasteiger partial charge in [-0.3, -0.25) is 0 Å². The topological polar surface area (TPSA) is 3.24 Å². The Balaban J connectivity index is 2.74. The Morgan fingerprint density at radius 1 is 1.67 bits per heavy atom. The summed E-state index contributed by atoms with van der Waals surface area (Å²) >= 11 is 0. The van der Waals surface area contributed by atoms with Gasteiger partial charge in [-0.2, -0.15) is 0 Å². The van der Waals surface area contributed by atoms with Crippen molar-refractivity contribution in [1.29, 1.82) is 0 Å². The molecule has 0 saturated carbocycles. The van der Waals surface area contributed by atoms with E-state index in [4.69, 9.17) is 7.98 Å². The van der Waals surface area contributed by atoms with Crippen molar-refractivity contribution in [3.05, 3.63) is 12.4 Å². The Bertz CT molecular complexity index is 142. The normalized spacial score (nSPS) is 42.1. The van der Waals surface area contributed by atoms with Crippen LogP contribution in [0.25, 0.3) is 0 Å². The molecule has 0 amide bonds. The highest BCUT2D eigenvalue weighted by molar-refractivity contribution is 5.97. The second-order valence-corrected chi connectivity index (χ2v) is 2.82. The third kappa shape index (κ3) is 0.967. The molecule has 0 aliphatic carbocycles. The van der Waals surface area contributed by atoms with E-state index in [0.29, 0.717) is 10.6 Å². The molecule has 2 atom stereocenters. The van der Waals surface area contributed by atoms with Crippen molar-refractivity contribution in [3.63, 3.8) is 0 Å². The molecule has 1 rings (SSSR count). The zero-order valence-corrected chi connectivity index (χ0v) is 6.20. The molecule has 0 aromatic heterocycles. The molecule has 0 bridgehead atoms. The van der Waals surface area contributed by atoms with Gasteiger partial charge in [0.1, 0.15) is 6.17 Å². The molecule has 0 saturated heterocycles. The summed E-state index contributed by atoms with van der Waals surface area (Å²) in [4.78, 5) is 2.10. The maximum Gasteiger partial charge on any atom is 0.488 e. The molecule has 2 nitrogen and oxygen atoms in total. The van der Waals surface area contributed by atoms with E-state index >= 15 is 0 Å². The zero-order chi connectivity index (χ0) is 7.07. The van der Waals surface area contributed by atoms with Gasteiger partial charge >= 0.3 is 7.98 Å². The Kier molecular flexibility index (Phi) is 1.32. The Morgan fingerprint density at radius 3 is 2.33 bits per heavy atom. The van der Waals surface area contributed by atoms with Crippen LogP contribution >= 0.6 is 0 Å². The maximum atomic E-state index is 5.82. The molecule has 0 aromatic rings. The van der Waals surface area contributed by atoms with Crippen LogP contribution in [0.2, 0.25) is 0 Å². The second-order valence-electron chi connectivity index (χ2n) is 2.82. The van der Waals surface area contributed by atoms with Crippen LogP contribution in [0.4, 0.5) is 0 Å². The monoisotopic (exact) mass is 123 g/mol. The summed E-state index contributed by atoms with van der Waals surface area (Å²) in [5, 5.41) is 0. The van der Waals surface area contributed by atoms with E-state index in [1.54, 1.807) is 0 Å². The van der Waals surface area contributed by atoms with Crippen LogP contribution in [-0.4, -0.2) is 37.5 Å². The SMILES string of the molecule is [B][N+]1(C)C=CN(C)C1C. The number of hydrogen-bond acceptors (Lipinski definition) is 1. The van der Waals surface area contributed by atoms with E-state index in [-0.39, 0.29) is 0 Å². The van der Waals surface area contributed by atoms with E-state index in [0.717, 1.165) is 0 Å². The third-order valence-electron chi connectivity index (χ3n) is 2.02. The van der Waals surface area contributed by atoms with Crippen molar-refractivity contribution in [1.82, 2.24) is 4.90 Å². The summed E-state index contributed by atoms with van der Waals surface area (Å²) in [5.41, 5.74) is 0. The summed E-state index contributed by atoms with van der Waals surface area (Å²) in [6, 6.07) is 0. The summed E-state index contributed by atoms with van der Waals surface area (Å²) in [6.07, 6.45) is 4.35. The number of rotatable bonds is 0. The fourth-order valence-electron chi connectivity index (χ4n) is 0.890. The van der Waals surface area contributed by atoms with Gasteiger partial charge in [-0.15, -0.1) is 0 Å². The highest BCUT2D eigenvalue weighted by atomic mass is 15.4. The van der Waals surface area contributed by atoms with E-state index < -0.39 is 0 Å². The standard InChI is InChI=1S/C6H12BN2/c1-6-8(2)4-5-9(6,3)7/h4-6H,1-3H3/q+1. The molecule has 2 radical (unpaired) electrons. The molecule has 0 N–H and O–H groups in total. The molecule has 48 valence electrons. The molecule has 1 aliphatic heterocycles. The van der Waals surface area contributed by atoms with Crippen molar-refractivity contribution >= 4 is 7.98 Å². The predicted molar refractivity (Wildman–Crippen MR) is 38.3 cm³/mol. The molecule has 3 heteroatoms. The van der Waals surface area contributed by atoms with Crippen LogP contribution in [-0.2, 0) is 0 Å². The summed E-state index contributed by atoms with van der Waals surface area (Å²) in [7, 11) is 9.82. The lowest BCUT2D eigenvalue weighted by atomic mass is 10.2. The van der Waals surface area contributed by atoms with Gasteiger partial charge < -0.3 is 9.29 Å². The van der Waals surface area contributed by atoms with Crippen molar-refractivity contribution in [3.8, 4) is 0 Å². The van der Waals surface area contributed by atoms with Crippen LogP contribution in [0.3, 0.4) is 0 Å². The average Bonchev–Trinajstić information content (AvgIpc) is 1.97. The summed E-state index contributed by atoms with van der Waals surface area (Å²) in [5.74, 6) is 0. The van der Waals surface area contributed by atoms with Gasteiger partial charge in [-0.25, -0.2) is 0 Å². The average molecular weight is 123 g/mol. The minimum atomic E-state index is 0.366. The molecule has 1 aliphatic rings. The first-order chi connectivity index (χ1) is 4.04. The molecule has 2 unspecified atom stereocenters. The van der Waals surface area contributed by atoms with Crippen LogP contribution in [0, 0.1) is 0 Å². The molecule has 0 fully saturated rings. The Morgan fingerprint density at radius 2 is 2.22 bits per heavy atom. The Hall–Kier alpha value is -0.435. The van der Waals surface area contributed by atoms with Crippen LogP contribution < -0.4 is 0 Å². The second kappa shape index (κ2) is 1.77. The van der Waals surface area contributed by atoms with Gasteiger partial charge in [0.25, 0.3) is 0 Å². The molecule has 9 heavy (non-hydrogen) atoms. The number of nitrogens with zero attached hydrogens (tertiary/aromatic N) is 2. The van der Waals surface area contributed by atoms with Gasteiger partial charge in [-0.1, -0.05) is 0 Å². The molecule has 1 heterocycles. The maximum absolute atomic E-state index is 5.82. The van der Waals surface area contributed by atoms with E-state index in [9.17, 15) is 0 Å². The van der Waals surface area contributed by atoms with E-state index in [1.807, 2.05) is 26.5 Å².